The molecule has 0 unspecified atom stereocenters. The minimum Gasteiger partial charge on any atom is -0.497 e. The van der Waals surface area contributed by atoms with Crippen molar-refractivity contribution in [1.82, 2.24) is 5.32 Å². The molecule has 1 saturated carbocycles. The monoisotopic (exact) mass is 311 g/mol. The van der Waals surface area contributed by atoms with Crippen molar-refractivity contribution in [2.24, 2.45) is 0 Å². The smallest absolute Gasteiger partial charge is 0.119 e. The summed E-state index contributed by atoms with van der Waals surface area (Å²) in [6.07, 6.45) is 6.66. The Morgan fingerprint density at radius 3 is 2.67 bits per heavy atom. The summed E-state index contributed by atoms with van der Waals surface area (Å²) >= 11 is 3.61. The predicted octanol–water partition coefficient (Wildman–Crippen LogP) is 4.27. The molecule has 0 spiro atoms. The number of halogens is 1. The Morgan fingerprint density at radius 2 is 2.00 bits per heavy atom. The molecule has 100 valence electrons. The predicted molar refractivity (Wildman–Crippen MR) is 79.0 cm³/mol. The Kier molecular flexibility index (Phi) is 4.68. The van der Waals surface area contributed by atoms with Crippen molar-refractivity contribution in [2.75, 3.05) is 7.11 Å². The topological polar surface area (TPSA) is 21.3 Å². The van der Waals surface area contributed by atoms with Gasteiger partial charge in [-0.05, 0) is 43.5 Å². The fourth-order valence-corrected chi connectivity index (χ4v) is 3.02. The lowest BCUT2D eigenvalue weighted by Gasteiger charge is -2.35. The van der Waals surface area contributed by atoms with E-state index in [9.17, 15) is 0 Å². The van der Waals surface area contributed by atoms with Crippen molar-refractivity contribution >= 4 is 15.9 Å². The number of nitrogens with one attached hydrogen (secondary N) is 1. The molecular formula is C15H22BrNO. The van der Waals surface area contributed by atoms with Gasteiger partial charge in [-0.15, -0.1) is 0 Å². The maximum absolute atomic E-state index is 5.28. The van der Waals surface area contributed by atoms with E-state index >= 15 is 0 Å². The van der Waals surface area contributed by atoms with Crippen LogP contribution in [-0.4, -0.2) is 12.6 Å². The van der Waals surface area contributed by atoms with Gasteiger partial charge >= 0.3 is 0 Å². The second kappa shape index (κ2) is 6.07. The van der Waals surface area contributed by atoms with Crippen LogP contribution in [0.3, 0.4) is 0 Å². The third-order valence-electron chi connectivity index (χ3n) is 3.92. The molecule has 1 aromatic rings. The Hall–Kier alpha value is -0.540. The fourth-order valence-electron chi connectivity index (χ4n) is 2.63. The van der Waals surface area contributed by atoms with E-state index in [1.165, 1.54) is 37.7 Å². The minimum atomic E-state index is 0.306. The summed E-state index contributed by atoms with van der Waals surface area (Å²) in [5.74, 6) is 0.920. The molecule has 1 fully saturated rings. The Balaban J connectivity index is 2.00. The zero-order valence-electron chi connectivity index (χ0n) is 11.3. The molecule has 1 N–H and O–H groups in total. The van der Waals surface area contributed by atoms with E-state index in [4.69, 9.17) is 4.74 Å². The molecule has 3 heteroatoms. The van der Waals surface area contributed by atoms with Crippen LogP contribution in [-0.2, 0) is 6.54 Å². The second-order valence-electron chi connectivity index (χ2n) is 5.43. The maximum Gasteiger partial charge on any atom is 0.119 e. The van der Waals surface area contributed by atoms with Crippen LogP contribution in [0.5, 0.6) is 5.75 Å². The summed E-state index contributed by atoms with van der Waals surface area (Å²) in [4.78, 5) is 0. The zero-order chi connectivity index (χ0) is 13.0. The Bertz CT molecular complexity index is 399. The average molecular weight is 312 g/mol. The van der Waals surface area contributed by atoms with Gasteiger partial charge in [0.2, 0.25) is 0 Å². The van der Waals surface area contributed by atoms with Gasteiger partial charge in [0.1, 0.15) is 5.75 Å². The molecule has 2 rings (SSSR count). The highest BCUT2D eigenvalue weighted by Gasteiger charge is 2.25. The molecule has 0 aliphatic heterocycles. The van der Waals surface area contributed by atoms with E-state index in [-0.39, 0.29) is 0 Å². The lowest BCUT2D eigenvalue weighted by molar-refractivity contribution is 0.252. The van der Waals surface area contributed by atoms with Crippen molar-refractivity contribution in [3.63, 3.8) is 0 Å². The molecule has 0 atom stereocenters. The standard InChI is InChI=1S/C15H22BrNO/c1-15(8-4-3-5-9-15)17-11-12-10-13(18-2)6-7-14(12)16/h6-7,10,17H,3-5,8-9,11H2,1-2H3. The molecule has 0 aromatic heterocycles. The van der Waals surface area contributed by atoms with E-state index in [2.05, 4.69) is 40.3 Å². The number of hydrogen-bond acceptors (Lipinski definition) is 2. The second-order valence-corrected chi connectivity index (χ2v) is 6.29. The quantitative estimate of drug-likeness (QED) is 0.896. The van der Waals surface area contributed by atoms with Crippen LogP contribution in [0.15, 0.2) is 22.7 Å². The van der Waals surface area contributed by atoms with Gasteiger partial charge in [0.15, 0.2) is 0 Å². The van der Waals surface area contributed by atoms with E-state index in [0.29, 0.717) is 5.54 Å². The molecule has 1 aromatic carbocycles. The van der Waals surface area contributed by atoms with Crippen molar-refractivity contribution in [3.8, 4) is 5.75 Å². The average Bonchev–Trinajstić information content (AvgIpc) is 2.39. The summed E-state index contributed by atoms with van der Waals surface area (Å²) in [5, 5.41) is 3.72. The van der Waals surface area contributed by atoms with Gasteiger partial charge in [-0.1, -0.05) is 35.2 Å². The van der Waals surface area contributed by atoms with E-state index in [0.717, 1.165) is 16.8 Å². The first-order valence-electron chi connectivity index (χ1n) is 6.70. The van der Waals surface area contributed by atoms with Gasteiger partial charge in [0.05, 0.1) is 7.11 Å². The molecule has 1 aliphatic rings. The highest BCUT2D eigenvalue weighted by Crippen LogP contribution is 2.29. The third-order valence-corrected chi connectivity index (χ3v) is 4.69. The first kappa shape index (κ1) is 13.9. The molecule has 2 nitrogen and oxygen atoms in total. The number of rotatable bonds is 4. The number of ether oxygens (including phenoxy) is 1. The minimum absolute atomic E-state index is 0.306. The molecule has 1 aliphatic carbocycles. The Labute approximate surface area is 118 Å². The fraction of sp³-hybridized carbons (Fsp3) is 0.600. The summed E-state index contributed by atoms with van der Waals surface area (Å²) in [7, 11) is 1.71. The highest BCUT2D eigenvalue weighted by molar-refractivity contribution is 9.10. The van der Waals surface area contributed by atoms with E-state index in [1.807, 2.05) is 6.07 Å². The summed E-state index contributed by atoms with van der Waals surface area (Å²) < 4.78 is 6.43. The lowest BCUT2D eigenvalue weighted by Crippen LogP contribution is -2.43. The third kappa shape index (κ3) is 3.48. The van der Waals surface area contributed by atoms with Gasteiger partial charge < -0.3 is 10.1 Å². The normalized spacial score (nSPS) is 18.6. The number of benzene rings is 1. The molecule has 0 radical (unpaired) electrons. The first-order chi connectivity index (χ1) is 8.63. The molecule has 0 saturated heterocycles. The maximum atomic E-state index is 5.28. The van der Waals surface area contributed by atoms with Gasteiger partial charge in [0, 0.05) is 16.6 Å². The van der Waals surface area contributed by atoms with Crippen LogP contribution in [0.4, 0.5) is 0 Å². The zero-order valence-corrected chi connectivity index (χ0v) is 12.8. The Morgan fingerprint density at radius 1 is 1.28 bits per heavy atom. The van der Waals surface area contributed by atoms with Gasteiger partial charge in [-0.2, -0.15) is 0 Å². The van der Waals surface area contributed by atoms with Crippen LogP contribution in [0.1, 0.15) is 44.6 Å². The van der Waals surface area contributed by atoms with Gasteiger partial charge in [-0.25, -0.2) is 0 Å². The van der Waals surface area contributed by atoms with Crippen molar-refractivity contribution in [1.29, 1.82) is 0 Å². The molecule has 0 amide bonds. The summed E-state index contributed by atoms with van der Waals surface area (Å²) in [6.45, 7) is 3.24. The van der Waals surface area contributed by atoms with Gasteiger partial charge in [0.25, 0.3) is 0 Å². The summed E-state index contributed by atoms with van der Waals surface area (Å²) in [5.41, 5.74) is 1.57. The molecule has 18 heavy (non-hydrogen) atoms. The lowest BCUT2D eigenvalue weighted by atomic mass is 9.83. The number of hydrogen-bond donors (Lipinski definition) is 1. The molecule has 0 bridgehead atoms. The highest BCUT2D eigenvalue weighted by atomic mass is 79.9. The largest absolute Gasteiger partial charge is 0.497 e. The van der Waals surface area contributed by atoms with Crippen molar-refractivity contribution in [2.45, 2.75) is 51.1 Å². The van der Waals surface area contributed by atoms with Crippen molar-refractivity contribution < 1.29 is 4.74 Å². The molecular weight excluding hydrogens is 290 g/mol. The van der Waals surface area contributed by atoms with E-state index in [1.54, 1.807) is 7.11 Å². The van der Waals surface area contributed by atoms with Crippen LogP contribution < -0.4 is 10.1 Å². The van der Waals surface area contributed by atoms with Crippen LogP contribution in [0.25, 0.3) is 0 Å². The number of methoxy groups -OCH3 is 1. The van der Waals surface area contributed by atoms with Crippen LogP contribution in [0, 0.1) is 0 Å². The molecule has 0 heterocycles. The van der Waals surface area contributed by atoms with Crippen LogP contribution in [0.2, 0.25) is 0 Å². The van der Waals surface area contributed by atoms with E-state index < -0.39 is 0 Å². The van der Waals surface area contributed by atoms with Crippen molar-refractivity contribution in [3.05, 3.63) is 28.2 Å². The van der Waals surface area contributed by atoms with Crippen LogP contribution >= 0.6 is 15.9 Å². The SMILES string of the molecule is COc1ccc(Br)c(CNC2(C)CCCCC2)c1. The summed E-state index contributed by atoms with van der Waals surface area (Å²) in [6, 6.07) is 6.14. The first-order valence-corrected chi connectivity index (χ1v) is 7.50. The van der Waals surface area contributed by atoms with Gasteiger partial charge in [-0.3, -0.25) is 0 Å².